The van der Waals surface area contributed by atoms with Gasteiger partial charge in [-0.2, -0.15) is 0 Å². The van der Waals surface area contributed by atoms with Crippen LogP contribution in [0.1, 0.15) is 18.1 Å². The summed E-state index contributed by atoms with van der Waals surface area (Å²) in [5.41, 5.74) is 2.48. The molecule has 25 heavy (non-hydrogen) atoms. The first-order chi connectivity index (χ1) is 12.3. The van der Waals surface area contributed by atoms with Gasteiger partial charge in [-0.3, -0.25) is 0 Å². The van der Waals surface area contributed by atoms with E-state index in [1.807, 2.05) is 24.3 Å². The Morgan fingerprint density at radius 3 is 2.24 bits per heavy atom. The minimum Gasteiger partial charge on any atom is -0.493 e. The minimum absolute atomic E-state index is 0.562. The molecular formula is C21H30N2O2+2. The first kappa shape index (κ1) is 17.8. The molecule has 1 saturated heterocycles. The van der Waals surface area contributed by atoms with Gasteiger partial charge < -0.3 is 19.3 Å². The highest BCUT2D eigenvalue weighted by molar-refractivity contribution is 5.42. The average Bonchev–Trinajstić information content (AvgIpc) is 2.68. The van der Waals surface area contributed by atoms with Gasteiger partial charge in [0.1, 0.15) is 39.3 Å². The van der Waals surface area contributed by atoms with Crippen LogP contribution in [0.25, 0.3) is 0 Å². The van der Waals surface area contributed by atoms with Crippen molar-refractivity contribution < 1.29 is 19.3 Å². The number of hydrogen-bond acceptors (Lipinski definition) is 2. The average molecular weight is 342 g/mol. The zero-order valence-corrected chi connectivity index (χ0v) is 15.4. The number of hydrogen-bond donors (Lipinski definition) is 2. The number of likely N-dealkylation sites (N-methyl/N-ethyl adjacent to an activating group) is 1. The molecule has 1 heterocycles. The largest absolute Gasteiger partial charge is 0.493 e. The second-order valence-corrected chi connectivity index (χ2v) is 6.79. The zero-order chi connectivity index (χ0) is 17.5. The zero-order valence-electron chi connectivity index (χ0n) is 15.4. The molecule has 4 nitrogen and oxygen atoms in total. The van der Waals surface area contributed by atoms with Crippen LogP contribution >= 0.6 is 0 Å². The Bertz CT molecular complexity index is 652. The van der Waals surface area contributed by atoms with Crippen molar-refractivity contribution in [2.24, 2.45) is 0 Å². The number of methoxy groups -OCH3 is 1. The normalized spacial score (nSPS) is 20.2. The third-order valence-corrected chi connectivity index (χ3v) is 5.08. The molecule has 4 heteroatoms. The first-order valence-corrected chi connectivity index (χ1v) is 9.29. The lowest BCUT2D eigenvalue weighted by Crippen LogP contribution is -3.27. The quantitative estimate of drug-likeness (QED) is 0.770. The molecule has 0 amide bonds. The number of ether oxygens (including phenoxy) is 2. The lowest BCUT2D eigenvalue weighted by Gasteiger charge is -2.29. The summed E-state index contributed by atoms with van der Waals surface area (Å²) in [5, 5.41) is 0. The van der Waals surface area contributed by atoms with Crippen molar-refractivity contribution in [3.63, 3.8) is 0 Å². The van der Waals surface area contributed by atoms with Crippen LogP contribution in [0.3, 0.4) is 0 Å². The molecule has 2 aromatic carbocycles. The highest BCUT2D eigenvalue weighted by Crippen LogP contribution is 2.28. The molecule has 1 fully saturated rings. The summed E-state index contributed by atoms with van der Waals surface area (Å²) in [4.78, 5) is 3.39. The minimum atomic E-state index is 0.562. The smallest absolute Gasteiger partial charge is 0.162 e. The summed E-state index contributed by atoms with van der Waals surface area (Å²) in [6, 6.07) is 16.6. The van der Waals surface area contributed by atoms with Crippen molar-refractivity contribution in [3.05, 3.63) is 59.7 Å². The molecule has 0 radical (unpaired) electrons. The highest BCUT2D eigenvalue weighted by Gasteiger charge is 2.22. The van der Waals surface area contributed by atoms with Crippen molar-refractivity contribution in [3.8, 4) is 11.5 Å². The Morgan fingerprint density at radius 1 is 0.840 bits per heavy atom. The first-order valence-electron chi connectivity index (χ1n) is 9.29. The molecule has 1 aliphatic heterocycles. The van der Waals surface area contributed by atoms with Gasteiger partial charge >= 0.3 is 0 Å². The number of rotatable bonds is 7. The summed E-state index contributed by atoms with van der Waals surface area (Å²) < 4.78 is 11.5. The third kappa shape index (κ3) is 4.97. The Labute approximate surface area is 151 Å². The lowest BCUT2D eigenvalue weighted by molar-refractivity contribution is -1.02. The molecule has 0 saturated carbocycles. The van der Waals surface area contributed by atoms with Gasteiger partial charge in [0.2, 0.25) is 0 Å². The van der Waals surface area contributed by atoms with E-state index in [9.17, 15) is 0 Å². The predicted octanol–water partition coefficient (Wildman–Crippen LogP) is 0.578. The number of benzene rings is 2. The van der Waals surface area contributed by atoms with E-state index in [2.05, 4.69) is 31.2 Å². The third-order valence-electron chi connectivity index (χ3n) is 5.08. The van der Waals surface area contributed by atoms with E-state index in [4.69, 9.17) is 9.47 Å². The summed E-state index contributed by atoms with van der Waals surface area (Å²) in [6.07, 6.45) is 0. The van der Waals surface area contributed by atoms with Gasteiger partial charge in [-0.1, -0.05) is 30.3 Å². The van der Waals surface area contributed by atoms with Crippen molar-refractivity contribution in [2.75, 3.05) is 39.8 Å². The van der Waals surface area contributed by atoms with E-state index in [0.717, 1.165) is 18.0 Å². The Balaban J connectivity index is 1.63. The molecule has 134 valence electrons. The Kier molecular flexibility index (Phi) is 6.31. The van der Waals surface area contributed by atoms with Crippen molar-refractivity contribution in [2.45, 2.75) is 20.1 Å². The van der Waals surface area contributed by atoms with Gasteiger partial charge in [-0.25, -0.2) is 0 Å². The fourth-order valence-corrected chi connectivity index (χ4v) is 3.46. The molecule has 0 unspecified atom stereocenters. The molecular weight excluding hydrogens is 312 g/mol. The fraction of sp³-hybridized carbons (Fsp3) is 0.429. The maximum Gasteiger partial charge on any atom is 0.162 e. The highest BCUT2D eigenvalue weighted by atomic mass is 16.5. The molecule has 2 N–H and O–H groups in total. The second-order valence-electron chi connectivity index (χ2n) is 6.79. The van der Waals surface area contributed by atoms with Crippen LogP contribution in [0.4, 0.5) is 0 Å². The fourth-order valence-electron chi connectivity index (χ4n) is 3.46. The van der Waals surface area contributed by atoms with E-state index in [-0.39, 0.29) is 0 Å². The number of quaternary nitrogens is 2. The van der Waals surface area contributed by atoms with Gasteiger partial charge in [0.15, 0.2) is 11.5 Å². The van der Waals surface area contributed by atoms with Crippen molar-refractivity contribution in [1.29, 1.82) is 0 Å². The molecule has 0 aromatic heterocycles. The molecule has 0 spiro atoms. The van der Waals surface area contributed by atoms with E-state index in [0.29, 0.717) is 6.61 Å². The lowest BCUT2D eigenvalue weighted by atomic mass is 10.1. The van der Waals surface area contributed by atoms with Crippen LogP contribution in [0.2, 0.25) is 0 Å². The number of nitrogens with one attached hydrogen (secondary N) is 2. The van der Waals surface area contributed by atoms with Crippen molar-refractivity contribution >= 4 is 0 Å². The van der Waals surface area contributed by atoms with Crippen LogP contribution in [-0.2, 0) is 13.2 Å². The standard InChI is InChI=1S/C21H28N2O2/c1-3-22-11-13-23(14-12-22)16-19-9-10-20(24-2)21(15-19)25-17-18-7-5-4-6-8-18/h4-10,15H,3,11-14,16-17H2,1-2H3/p+2. The topological polar surface area (TPSA) is 27.3 Å². The summed E-state index contributed by atoms with van der Waals surface area (Å²) in [7, 11) is 1.70. The van der Waals surface area contributed by atoms with Crippen LogP contribution < -0.4 is 19.3 Å². The summed E-state index contributed by atoms with van der Waals surface area (Å²) >= 11 is 0. The number of piperazine rings is 1. The van der Waals surface area contributed by atoms with Crippen LogP contribution in [0.15, 0.2) is 48.5 Å². The van der Waals surface area contributed by atoms with Gasteiger partial charge in [0.25, 0.3) is 0 Å². The van der Waals surface area contributed by atoms with Crippen molar-refractivity contribution in [1.82, 2.24) is 0 Å². The van der Waals surface area contributed by atoms with Crippen LogP contribution in [-0.4, -0.2) is 39.8 Å². The molecule has 3 rings (SSSR count). The molecule has 0 aliphatic carbocycles. The van der Waals surface area contributed by atoms with E-state index in [1.165, 1.54) is 43.9 Å². The van der Waals surface area contributed by atoms with Gasteiger partial charge in [0.05, 0.1) is 13.7 Å². The molecule has 2 aromatic rings. The molecule has 0 atom stereocenters. The van der Waals surface area contributed by atoms with E-state index < -0.39 is 0 Å². The van der Waals surface area contributed by atoms with Crippen LogP contribution in [0, 0.1) is 0 Å². The maximum absolute atomic E-state index is 6.04. The Morgan fingerprint density at radius 2 is 1.56 bits per heavy atom. The maximum atomic E-state index is 6.04. The van der Waals surface area contributed by atoms with Gasteiger partial charge in [-0.05, 0) is 30.7 Å². The summed E-state index contributed by atoms with van der Waals surface area (Å²) in [6.45, 7) is 10.2. The predicted molar refractivity (Wildman–Crippen MR) is 99.4 cm³/mol. The molecule has 0 bridgehead atoms. The van der Waals surface area contributed by atoms with Crippen LogP contribution in [0.5, 0.6) is 11.5 Å². The Hall–Kier alpha value is -2.04. The van der Waals surface area contributed by atoms with Gasteiger partial charge in [-0.15, -0.1) is 0 Å². The second kappa shape index (κ2) is 8.88. The monoisotopic (exact) mass is 342 g/mol. The van der Waals surface area contributed by atoms with Gasteiger partial charge in [0, 0.05) is 5.56 Å². The van der Waals surface area contributed by atoms with E-state index >= 15 is 0 Å². The summed E-state index contributed by atoms with van der Waals surface area (Å²) in [5.74, 6) is 1.64. The SMILES string of the molecule is CC[NH+]1CC[NH+](Cc2ccc(OC)c(OCc3ccccc3)c2)CC1. The molecule has 1 aliphatic rings. The van der Waals surface area contributed by atoms with E-state index in [1.54, 1.807) is 16.9 Å².